The molecule has 2 atom stereocenters. The van der Waals surface area contributed by atoms with E-state index in [1.54, 1.807) is 24.3 Å². The minimum Gasteiger partial charge on any atom is -0.484 e. The Hall–Kier alpha value is -3.80. The molecule has 1 heterocycles. The molecule has 2 aliphatic rings. The van der Waals surface area contributed by atoms with E-state index in [0.717, 1.165) is 5.56 Å². The van der Waals surface area contributed by atoms with Gasteiger partial charge in [-0.1, -0.05) is 18.2 Å². The molecular weight excluding hydrogens is 356 g/mol. The van der Waals surface area contributed by atoms with Gasteiger partial charge in [0.1, 0.15) is 5.75 Å². The van der Waals surface area contributed by atoms with Gasteiger partial charge >= 0.3 is 0 Å². The second-order valence-electron chi connectivity index (χ2n) is 6.64. The number of benzene rings is 1. The largest absolute Gasteiger partial charge is 0.484 e. The van der Waals surface area contributed by atoms with Crippen molar-refractivity contribution in [2.24, 2.45) is 22.8 Å². The van der Waals surface area contributed by atoms with Gasteiger partial charge in [0, 0.05) is 24.9 Å². The number of fused-ring (bicyclic) bond motifs is 1. The van der Waals surface area contributed by atoms with Crippen molar-refractivity contribution in [1.82, 2.24) is 5.32 Å². The maximum absolute atomic E-state index is 10.9. The summed E-state index contributed by atoms with van der Waals surface area (Å²) >= 11 is 0. The quantitative estimate of drug-likeness (QED) is 0.649. The van der Waals surface area contributed by atoms with Crippen LogP contribution >= 0.6 is 0 Å². The maximum atomic E-state index is 10.9. The summed E-state index contributed by atoms with van der Waals surface area (Å²) in [5.41, 5.74) is 11.3. The summed E-state index contributed by atoms with van der Waals surface area (Å²) < 4.78 is 5.27. The van der Waals surface area contributed by atoms with Crippen LogP contribution in [-0.2, 0) is 4.79 Å². The number of carbonyl (C=O) groups is 1. The molecule has 0 radical (unpaired) electrons. The highest BCUT2D eigenvalue weighted by Gasteiger charge is 2.51. The first-order chi connectivity index (χ1) is 13.5. The summed E-state index contributed by atoms with van der Waals surface area (Å²) in [6.45, 7) is 0.810. The van der Waals surface area contributed by atoms with Crippen molar-refractivity contribution in [3.63, 3.8) is 0 Å². The summed E-state index contributed by atoms with van der Waals surface area (Å²) in [7, 11) is 0. The van der Waals surface area contributed by atoms with Crippen molar-refractivity contribution in [3.05, 3.63) is 52.7 Å². The highest BCUT2D eigenvalue weighted by molar-refractivity contribution is 5.75. The minimum absolute atomic E-state index is 0.0107. The topological polar surface area (TPSA) is 162 Å². The van der Waals surface area contributed by atoms with Gasteiger partial charge in [0.25, 0.3) is 5.91 Å². The van der Waals surface area contributed by atoms with Crippen LogP contribution in [0, 0.1) is 45.3 Å². The molecule has 8 nitrogen and oxygen atoms in total. The maximum Gasteiger partial charge on any atom is 0.255 e. The zero-order chi connectivity index (χ0) is 20.3. The third-order valence-electron chi connectivity index (χ3n) is 5.15. The standard InChI is InChI=1S/C20H18N6O2/c21-7-14-18(12-1-3-13(4-2-12)28-9-17(24)27)15-8-26-6-5-16(15)20(10-22,11-23)19(14)25/h1-5,15,18,26H,6,8-9,25H2,(H2,24,27)/t15-,18-/m1/s1. The SMILES string of the molecule is N#CC1=C(N)C(C#N)(C#N)C2=CCNC[C@H]2[C@@H]1c1ccc(OCC(N)=O)cc1. The normalized spacial score (nSPS) is 22.7. The van der Waals surface area contributed by atoms with Crippen molar-refractivity contribution in [3.8, 4) is 24.0 Å². The lowest BCUT2D eigenvalue weighted by molar-refractivity contribution is -0.119. The number of ether oxygens (including phenoxy) is 1. The van der Waals surface area contributed by atoms with E-state index in [4.69, 9.17) is 16.2 Å². The molecule has 3 rings (SSSR count). The summed E-state index contributed by atoms with van der Waals surface area (Å²) in [6, 6.07) is 13.1. The smallest absolute Gasteiger partial charge is 0.255 e. The second kappa shape index (κ2) is 7.44. The molecular formula is C20H18N6O2. The lowest BCUT2D eigenvalue weighted by Crippen LogP contribution is -2.45. The van der Waals surface area contributed by atoms with E-state index >= 15 is 0 Å². The van der Waals surface area contributed by atoms with Gasteiger partial charge in [-0.2, -0.15) is 15.8 Å². The molecule has 0 spiro atoms. The molecule has 0 bridgehead atoms. The molecule has 8 heteroatoms. The van der Waals surface area contributed by atoms with Gasteiger partial charge in [0.05, 0.1) is 29.5 Å². The van der Waals surface area contributed by atoms with Crippen molar-refractivity contribution < 1.29 is 9.53 Å². The second-order valence-corrected chi connectivity index (χ2v) is 6.64. The Morgan fingerprint density at radius 3 is 2.50 bits per heavy atom. The average molecular weight is 374 g/mol. The van der Waals surface area contributed by atoms with Crippen LogP contribution in [0.15, 0.2) is 47.2 Å². The zero-order valence-electron chi connectivity index (χ0n) is 15.0. The number of nitrogens with one attached hydrogen (secondary N) is 1. The molecule has 0 saturated carbocycles. The van der Waals surface area contributed by atoms with Gasteiger partial charge in [0.15, 0.2) is 6.61 Å². The third kappa shape index (κ3) is 2.95. The molecule has 1 aromatic carbocycles. The van der Waals surface area contributed by atoms with E-state index in [1.165, 1.54) is 0 Å². The van der Waals surface area contributed by atoms with Crippen LogP contribution in [0.5, 0.6) is 5.75 Å². The van der Waals surface area contributed by atoms with Gasteiger partial charge in [0.2, 0.25) is 5.41 Å². The first kappa shape index (κ1) is 19.0. The molecule has 1 aromatic rings. The predicted molar refractivity (Wildman–Crippen MR) is 98.8 cm³/mol. The number of hydrogen-bond acceptors (Lipinski definition) is 7. The number of carbonyl (C=O) groups excluding carboxylic acids is 1. The van der Waals surface area contributed by atoms with E-state index < -0.39 is 17.2 Å². The molecule has 0 unspecified atom stereocenters. The van der Waals surface area contributed by atoms with Crippen LogP contribution < -0.4 is 21.5 Å². The molecule has 28 heavy (non-hydrogen) atoms. The van der Waals surface area contributed by atoms with E-state index in [1.807, 2.05) is 18.2 Å². The van der Waals surface area contributed by atoms with Crippen molar-refractivity contribution >= 4 is 5.91 Å². The third-order valence-corrected chi connectivity index (χ3v) is 5.15. The van der Waals surface area contributed by atoms with Crippen molar-refractivity contribution in [2.45, 2.75) is 5.92 Å². The number of rotatable bonds is 4. The lowest BCUT2D eigenvalue weighted by Gasteiger charge is -2.42. The van der Waals surface area contributed by atoms with Crippen LogP contribution in [0.4, 0.5) is 0 Å². The van der Waals surface area contributed by atoms with E-state index in [9.17, 15) is 20.6 Å². The van der Waals surface area contributed by atoms with E-state index in [2.05, 4.69) is 11.4 Å². The van der Waals surface area contributed by atoms with E-state index in [-0.39, 0.29) is 23.8 Å². The number of hydrogen-bond donors (Lipinski definition) is 3. The number of amides is 1. The predicted octanol–water partition coefficient (Wildman–Crippen LogP) is 0.564. The average Bonchev–Trinajstić information content (AvgIpc) is 2.72. The Morgan fingerprint density at radius 2 is 1.93 bits per heavy atom. The van der Waals surface area contributed by atoms with Gasteiger partial charge in [-0.25, -0.2) is 0 Å². The Morgan fingerprint density at radius 1 is 1.25 bits per heavy atom. The zero-order valence-corrected chi connectivity index (χ0v) is 15.0. The molecule has 0 saturated heterocycles. The highest BCUT2D eigenvalue weighted by Crippen LogP contribution is 2.52. The number of nitrogens with zero attached hydrogens (tertiary/aromatic N) is 3. The van der Waals surface area contributed by atoms with Crippen LogP contribution in [0.1, 0.15) is 11.5 Å². The molecule has 0 fully saturated rings. The Labute approximate surface area is 162 Å². The Bertz CT molecular complexity index is 973. The Kier molecular flexibility index (Phi) is 5.04. The number of nitriles is 3. The highest BCUT2D eigenvalue weighted by atomic mass is 16.5. The summed E-state index contributed by atoms with van der Waals surface area (Å²) in [5.74, 6) is -0.766. The molecule has 1 amide bonds. The first-order valence-electron chi connectivity index (χ1n) is 8.63. The summed E-state index contributed by atoms with van der Waals surface area (Å²) in [4.78, 5) is 10.9. The van der Waals surface area contributed by atoms with Crippen LogP contribution in [-0.4, -0.2) is 25.6 Å². The number of allylic oxidation sites excluding steroid dienone is 2. The fraction of sp³-hybridized carbons (Fsp3) is 0.300. The van der Waals surface area contributed by atoms with Gasteiger partial charge in [-0.3, -0.25) is 4.79 Å². The van der Waals surface area contributed by atoms with Gasteiger partial charge < -0.3 is 21.5 Å². The van der Waals surface area contributed by atoms with Crippen LogP contribution in [0.2, 0.25) is 0 Å². The van der Waals surface area contributed by atoms with Gasteiger partial charge in [-0.15, -0.1) is 0 Å². The summed E-state index contributed by atoms with van der Waals surface area (Å²) in [5, 5.41) is 32.5. The van der Waals surface area contributed by atoms with Crippen LogP contribution in [0.3, 0.4) is 0 Å². The lowest BCUT2D eigenvalue weighted by atomic mass is 9.60. The number of primary amides is 1. The van der Waals surface area contributed by atoms with Crippen molar-refractivity contribution in [1.29, 1.82) is 15.8 Å². The van der Waals surface area contributed by atoms with Gasteiger partial charge in [-0.05, 0) is 23.3 Å². The molecule has 5 N–H and O–H groups in total. The Balaban J connectivity index is 2.09. The van der Waals surface area contributed by atoms with E-state index in [0.29, 0.717) is 24.4 Å². The molecule has 1 aliphatic carbocycles. The minimum atomic E-state index is -1.63. The monoisotopic (exact) mass is 374 g/mol. The fourth-order valence-corrected chi connectivity index (χ4v) is 3.87. The fourth-order valence-electron chi connectivity index (χ4n) is 3.87. The van der Waals surface area contributed by atoms with Crippen LogP contribution in [0.25, 0.3) is 0 Å². The molecule has 1 aliphatic heterocycles. The number of nitrogens with two attached hydrogens (primary N) is 2. The molecule has 140 valence electrons. The first-order valence-corrected chi connectivity index (χ1v) is 8.63. The molecule has 0 aromatic heterocycles. The summed E-state index contributed by atoms with van der Waals surface area (Å²) in [6.07, 6.45) is 1.82. The van der Waals surface area contributed by atoms with Crippen molar-refractivity contribution in [2.75, 3.05) is 19.7 Å².